The first-order valence-electron chi connectivity index (χ1n) is 12.3. The summed E-state index contributed by atoms with van der Waals surface area (Å²) in [7, 11) is -3.46. The molecule has 0 radical (unpaired) electrons. The van der Waals surface area contributed by atoms with Gasteiger partial charge in [0, 0.05) is 37.0 Å². The lowest BCUT2D eigenvalue weighted by molar-refractivity contribution is 0.0874. The first-order chi connectivity index (χ1) is 17.5. The standard InChI is InChI=1S/C24H27N7O4S/c32-23(15-3-4-15)19-12-26-22(10-20(19)28-17-2-1-9-35-14-17)29-21-7-8-25-24(30-21)16-11-27-31(13-16)36(33,34)18-5-6-18/h7-8,10-13,15,17-18H,1-6,9,14H2,(H2,25,26,28,29,30). The van der Waals surface area contributed by atoms with Crippen molar-refractivity contribution in [2.75, 3.05) is 23.8 Å². The number of pyridine rings is 1. The van der Waals surface area contributed by atoms with E-state index in [9.17, 15) is 13.2 Å². The number of carbonyl (C=O) groups excluding carboxylic acids is 1. The number of rotatable bonds is 9. The summed E-state index contributed by atoms with van der Waals surface area (Å²) in [6.07, 6.45) is 11.2. The maximum absolute atomic E-state index is 12.9. The van der Waals surface area contributed by atoms with Crippen LogP contribution in [-0.2, 0) is 14.8 Å². The number of nitrogens with zero attached hydrogens (tertiary/aromatic N) is 5. The highest BCUT2D eigenvalue weighted by atomic mass is 32.2. The Bertz CT molecular complexity index is 1390. The molecule has 1 unspecified atom stereocenters. The van der Waals surface area contributed by atoms with Crippen LogP contribution in [0.25, 0.3) is 11.4 Å². The van der Waals surface area contributed by atoms with Crippen molar-refractivity contribution >= 4 is 33.1 Å². The third kappa shape index (κ3) is 4.82. The quantitative estimate of drug-likeness (QED) is 0.414. The van der Waals surface area contributed by atoms with Gasteiger partial charge in [-0.1, -0.05) is 0 Å². The molecular formula is C24H27N7O4S. The summed E-state index contributed by atoms with van der Waals surface area (Å²) in [4.78, 5) is 26.1. The molecule has 0 aromatic carbocycles. The van der Waals surface area contributed by atoms with Gasteiger partial charge in [-0.3, -0.25) is 4.79 Å². The predicted molar refractivity (Wildman–Crippen MR) is 133 cm³/mol. The van der Waals surface area contributed by atoms with Crippen LogP contribution >= 0.6 is 0 Å². The molecule has 1 atom stereocenters. The average Bonchev–Trinajstić information content (AvgIpc) is 3.82. The summed E-state index contributed by atoms with van der Waals surface area (Å²) in [5.74, 6) is 1.56. The third-order valence-electron chi connectivity index (χ3n) is 6.57. The molecule has 2 N–H and O–H groups in total. The molecule has 188 valence electrons. The van der Waals surface area contributed by atoms with Crippen LogP contribution in [0.1, 0.15) is 48.9 Å². The summed E-state index contributed by atoms with van der Waals surface area (Å²) < 4.78 is 31.5. The van der Waals surface area contributed by atoms with E-state index in [4.69, 9.17) is 4.74 Å². The molecule has 2 saturated carbocycles. The van der Waals surface area contributed by atoms with Gasteiger partial charge in [-0.05, 0) is 44.6 Å². The van der Waals surface area contributed by atoms with E-state index in [1.54, 1.807) is 18.5 Å². The zero-order chi connectivity index (χ0) is 24.7. The van der Waals surface area contributed by atoms with E-state index in [2.05, 4.69) is 30.7 Å². The maximum atomic E-state index is 12.9. The number of anilines is 3. The number of Topliss-reactive ketones (excluding diaryl/α,β-unsaturated/α-hetero) is 1. The number of hydrogen-bond donors (Lipinski definition) is 2. The van der Waals surface area contributed by atoms with E-state index in [1.165, 1.54) is 12.4 Å². The second kappa shape index (κ2) is 9.25. The molecule has 12 heteroatoms. The van der Waals surface area contributed by atoms with Crippen molar-refractivity contribution < 1.29 is 17.9 Å². The monoisotopic (exact) mass is 509 g/mol. The van der Waals surface area contributed by atoms with Gasteiger partial charge in [-0.25, -0.2) is 23.4 Å². The number of ether oxygens (including phenoxy) is 1. The smallest absolute Gasteiger partial charge is 0.256 e. The van der Waals surface area contributed by atoms with Crippen molar-refractivity contribution in [1.82, 2.24) is 24.1 Å². The molecule has 0 spiro atoms. The molecule has 4 heterocycles. The Hall–Kier alpha value is -3.38. The molecule has 3 aromatic rings. The van der Waals surface area contributed by atoms with Crippen molar-refractivity contribution in [3.63, 3.8) is 0 Å². The third-order valence-corrected chi connectivity index (χ3v) is 8.61. The van der Waals surface area contributed by atoms with Gasteiger partial charge in [-0.2, -0.15) is 9.19 Å². The van der Waals surface area contributed by atoms with Crippen LogP contribution in [0.4, 0.5) is 17.3 Å². The van der Waals surface area contributed by atoms with Crippen molar-refractivity contribution in [3.8, 4) is 11.4 Å². The van der Waals surface area contributed by atoms with Crippen LogP contribution < -0.4 is 10.6 Å². The van der Waals surface area contributed by atoms with Gasteiger partial charge < -0.3 is 15.4 Å². The van der Waals surface area contributed by atoms with Crippen LogP contribution in [-0.4, -0.2) is 62.8 Å². The Labute approximate surface area is 208 Å². The van der Waals surface area contributed by atoms with Gasteiger partial charge >= 0.3 is 0 Å². The van der Waals surface area contributed by atoms with Gasteiger partial charge in [0.25, 0.3) is 10.0 Å². The molecule has 1 aliphatic heterocycles. The Morgan fingerprint density at radius 1 is 1.08 bits per heavy atom. The number of nitrogens with one attached hydrogen (secondary N) is 2. The van der Waals surface area contributed by atoms with Crippen LogP contribution in [0.15, 0.2) is 36.9 Å². The minimum Gasteiger partial charge on any atom is -0.379 e. The first-order valence-corrected chi connectivity index (χ1v) is 13.8. The second-order valence-electron chi connectivity index (χ2n) is 9.55. The van der Waals surface area contributed by atoms with Gasteiger partial charge in [0.1, 0.15) is 11.6 Å². The minimum atomic E-state index is -3.46. The minimum absolute atomic E-state index is 0.0860. The zero-order valence-electron chi connectivity index (χ0n) is 19.6. The fourth-order valence-electron chi connectivity index (χ4n) is 4.26. The maximum Gasteiger partial charge on any atom is 0.256 e. The molecule has 3 aromatic heterocycles. The molecule has 2 aliphatic carbocycles. The molecular weight excluding hydrogens is 482 g/mol. The van der Waals surface area contributed by atoms with Gasteiger partial charge in [-0.15, -0.1) is 0 Å². The summed E-state index contributed by atoms with van der Waals surface area (Å²) in [6, 6.07) is 3.66. The highest BCUT2D eigenvalue weighted by Crippen LogP contribution is 2.35. The van der Waals surface area contributed by atoms with E-state index in [0.29, 0.717) is 48.0 Å². The van der Waals surface area contributed by atoms with Crippen molar-refractivity contribution in [1.29, 1.82) is 0 Å². The Morgan fingerprint density at radius 2 is 1.94 bits per heavy atom. The highest BCUT2D eigenvalue weighted by Gasteiger charge is 2.37. The van der Waals surface area contributed by atoms with Crippen molar-refractivity contribution in [2.24, 2.45) is 5.92 Å². The van der Waals surface area contributed by atoms with Crippen LogP contribution in [0, 0.1) is 5.92 Å². The Morgan fingerprint density at radius 3 is 2.69 bits per heavy atom. The summed E-state index contributed by atoms with van der Waals surface area (Å²) >= 11 is 0. The number of carbonyl (C=O) groups is 1. The molecule has 3 aliphatic rings. The molecule has 0 bridgehead atoms. The van der Waals surface area contributed by atoms with E-state index in [-0.39, 0.29) is 23.0 Å². The summed E-state index contributed by atoms with van der Waals surface area (Å²) in [5.41, 5.74) is 1.84. The second-order valence-corrected chi connectivity index (χ2v) is 11.6. The average molecular weight is 510 g/mol. The van der Waals surface area contributed by atoms with Crippen LogP contribution in [0.3, 0.4) is 0 Å². The number of ketones is 1. The summed E-state index contributed by atoms with van der Waals surface area (Å²) in [5, 5.41) is 10.3. The molecule has 1 saturated heterocycles. The molecule has 6 rings (SSSR count). The lowest BCUT2D eigenvalue weighted by atomic mass is 10.1. The van der Waals surface area contributed by atoms with Gasteiger partial charge in [0.05, 0.1) is 41.1 Å². The van der Waals surface area contributed by atoms with E-state index in [1.807, 2.05) is 6.07 Å². The fourth-order valence-corrected chi connectivity index (χ4v) is 5.73. The Balaban J connectivity index is 1.24. The lowest BCUT2D eigenvalue weighted by Crippen LogP contribution is -2.30. The van der Waals surface area contributed by atoms with E-state index >= 15 is 0 Å². The predicted octanol–water partition coefficient (Wildman–Crippen LogP) is 3.00. The molecule has 11 nitrogen and oxygen atoms in total. The molecule has 0 amide bonds. The SMILES string of the molecule is O=C(c1cnc(Nc2ccnc(-c3cnn(S(=O)(=O)C4CC4)c3)n2)cc1NC1CCCOC1)C1CC1. The van der Waals surface area contributed by atoms with Crippen molar-refractivity contribution in [3.05, 3.63) is 42.5 Å². The number of hydrogen-bond acceptors (Lipinski definition) is 10. The van der Waals surface area contributed by atoms with Gasteiger partial charge in [0.2, 0.25) is 0 Å². The topological polar surface area (TPSA) is 141 Å². The normalized spacial score (nSPS) is 20.2. The highest BCUT2D eigenvalue weighted by molar-refractivity contribution is 7.90. The molecule has 36 heavy (non-hydrogen) atoms. The number of aromatic nitrogens is 5. The van der Waals surface area contributed by atoms with Crippen LogP contribution in [0.5, 0.6) is 0 Å². The first kappa shape index (κ1) is 23.0. The lowest BCUT2D eigenvalue weighted by Gasteiger charge is -2.25. The fraction of sp³-hybridized carbons (Fsp3) is 0.458. The summed E-state index contributed by atoms with van der Waals surface area (Å²) in [6.45, 7) is 1.36. The van der Waals surface area contributed by atoms with Gasteiger partial charge in [0.15, 0.2) is 11.6 Å². The largest absolute Gasteiger partial charge is 0.379 e. The van der Waals surface area contributed by atoms with Crippen molar-refractivity contribution in [2.45, 2.75) is 49.8 Å². The Kier molecular flexibility index (Phi) is 5.92. The van der Waals surface area contributed by atoms with Crippen LogP contribution in [0.2, 0.25) is 0 Å². The van der Waals surface area contributed by atoms with E-state index in [0.717, 1.165) is 42.1 Å². The zero-order valence-corrected chi connectivity index (χ0v) is 20.4. The molecule has 3 fully saturated rings. The van der Waals surface area contributed by atoms with E-state index < -0.39 is 10.0 Å².